The zero-order valence-corrected chi connectivity index (χ0v) is 12.1. The predicted octanol–water partition coefficient (Wildman–Crippen LogP) is 3.60. The molecule has 0 aliphatic rings. The van der Waals surface area contributed by atoms with Crippen LogP contribution in [-0.4, -0.2) is 17.7 Å². The molecule has 2 nitrogen and oxygen atoms in total. The van der Waals surface area contributed by atoms with Gasteiger partial charge >= 0.3 is 0 Å². The first-order valence-electron chi connectivity index (χ1n) is 7.00. The van der Waals surface area contributed by atoms with E-state index in [1.54, 1.807) is 12.1 Å². The number of nitrogens with one attached hydrogen (secondary N) is 1. The first-order valence-corrected chi connectivity index (χ1v) is 7.00. The van der Waals surface area contributed by atoms with E-state index in [2.05, 4.69) is 33.0 Å². The number of aryl methyl sites for hydroxylation is 1. The van der Waals surface area contributed by atoms with Gasteiger partial charge in [-0.2, -0.15) is 0 Å². The molecule has 18 heavy (non-hydrogen) atoms. The van der Waals surface area contributed by atoms with Gasteiger partial charge in [0.15, 0.2) is 0 Å². The number of rotatable bonds is 7. The van der Waals surface area contributed by atoms with Crippen LogP contribution in [0.2, 0.25) is 0 Å². The van der Waals surface area contributed by atoms with Crippen LogP contribution in [0.25, 0.3) is 0 Å². The number of aromatic hydroxyl groups is 1. The molecule has 0 amide bonds. The third-order valence-corrected chi connectivity index (χ3v) is 3.73. The third-order valence-electron chi connectivity index (χ3n) is 3.73. The minimum absolute atomic E-state index is 0.343. The number of phenolic OH excluding ortho intramolecular Hbond substituents is 1. The average molecular weight is 249 g/mol. The fraction of sp³-hybridized carbons (Fsp3) is 0.625. The second-order valence-corrected chi connectivity index (χ2v) is 5.74. The Kier molecular flexibility index (Phi) is 6.20. The molecule has 0 fully saturated rings. The van der Waals surface area contributed by atoms with E-state index in [1.807, 2.05) is 12.1 Å². The molecule has 0 saturated carbocycles. The van der Waals surface area contributed by atoms with Crippen LogP contribution in [0.3, 0.4) is 0 Å². The minimum Gasteiger partial charge on any atom is -0.508 e. The lowest BCUT2D eigenvalue weighted by Gasteiger charge is -2.20. The van der Waals surface area contributed by atoms with Gasteiger partial charge in [0, 0.05) is 6.04 Å². The molecule has 2 N–H and O–H groups in total. The van der Waals surface area contributed by atoms with E-state index in [-0.39, 0.29) is 0 Å². The van der Waals surface area contributed by atoms with Crippen LogP contribution >= 0.6 is 0 Å². The van der Waals surface area contributed by atoms with Crippen molar-refractivity contribution in [3.63, 3.8) is 0 Å². The summed E-state index contributed by atoms with van der Waals surface area (Å²) >= 11 is 0. The second-order valence-electron chi connectivity index (χ2n) is 5.74. The first-order chi connectivity index (χ1) is 8.49. The molecule has 2 heteroatoms. The van der Waals surface area contributed by atoms with Gasteiger partial charge < -0.3 is 10.4 Å². The SMILES string of the molecule is CC(CCc1ccc(O)cc1)NCC(C)C(C)C. The van der Waals surface area contributed by atoms with Gasteiger partial charge in [-0.05, 0) is 55.8 Å². The zero-order valence-electron chi connectivity index (χ0n) is 12.1. The monoisotopic (exact) mass is 249 g/mol. The number of benzene rings is 1. The van der Waals surface area contributed by atoms with E-state index in [9.17, 15) is 5.11 Å². The third kappa shape index (κ3) is 5.54. The highest BCUT2D eigenvalue weighted by Gasteiger charge is 2.08. The molecule has 0 aliphatic carbocycles. The summed E-state index contributed by atoms with van der Waals surface area (Å²) in [4.78, 5) is 0. The normalized spacial score (nSPS) is 14.7. The molecule has 0 saturated heterocycles. The Labute approximate surface area is 111 Å². The Hall–Kier alpha value is -1.02. The van der Waals surface area contributed by atoms with E-state index in [1.165, 1.54) is 5.56 Å². The minimum atomic E-state index is 0.343. The Morgan fingerprint density at radius 1 is 1.06 bits per heavy atom. The smallest absolute Gasteiger partial charge is 0.115 e. The van der Waals surface area contributed by atoms with Crippen molar-refractivity contribution in [1.29, 1.82) is 0 Å². The lowest BCUT2D eigenvalue weighted by molar-refractivity contribution is 0.367. The molecular formula is C16H27NO. The molecular weight excluding hydrogens is 222 g/mol. The molecule has 2 atom stereocenters. The summed E-state index contributed by atoms with van der Waals surface area (Å²) in [5.41, 5.74) is 1.29. The molecule has 0 radical (unpaired) electrons. The Morgan fingerprint density at radius 3 is 2.22 bits per heavy atom. The highest BCUT2D eigenvalue weighted by Crippen LogP contribution is 2.12. The standard InChI is InChI=1S/C16H27NO/c1-12(2)13(3)11-17-14(4)5-6-15-7-9-16(18)10-8-15/h7-10,12-14,17-18H,5-6,11H2,1-4H3. The van der Waals surface area contributed by atoms with Crippen molar-refractivity contribution in [3.05, 3.63) is 29.8 Å². The zero-order chi connectivity index (χ0) is 13.5. The molecule has 0 heterocycles. The van der Waals surface area contributed by atoms with Crippen molar-refractivity contribution >= 4 is 0 Å². The summed E-state index contributed by atoms with van der Waals surface area (Å²) in [7, 11) is 0. The van der Waals surface area contributed by atoms with Crippen LogP contribution in [0.5, 0.6) is 5.75 Å². The molecule has 102 valence electrons. The van der Waals surface area contributed by atoms with Crippen LogP contribution in [0.1, 0.15) is 39.7 Å². The van der Waals surface area contributed by atoms with Crippen LogP contribution in [0, 0.1) is 11.8 Å². The first kappa shape index (κ1) is 15.0. The van der Waals surface area contributed by atoms with Gasteiger partial charge in [-0.15, -0.1) is 0 Å². The molecule has 0 aromatic heterocycles. The largest absolute Gasteiger partial charge is 0.508 e. The van der Waals surface area contributed by atoms with Crippen molar-refractivity contribution < 1.29 is 5.11 Å². The number of phenols is 1. The fourth-order valence-corrected chi connectivity index (χ4v) is 1.77. The molecule has 2 unspecified atom stereocenters. The van der Waals surface area contributed by atoms with Crippen molar-refractivity contribution in [2.75, 3.05) is 6.54 Å². The Morgan fingerprint density at radius 2 is 1.67 bits per heavy atom. The van der Waals surface area contributed by atoms with Gasteiger partial charge in [-0.3, -0.25) is 0 Å². The van der Waals surface area contributed by atoms with Gasteiger partial charge in [-0.25, -0.2) is 0 Å². The summed E-state index contributed by atoms with van der Waals surface area (Å²) in [5, 5.41) is 12.8. The molecule has 1 aromatic carbocycles. The molecule has 1 aromatic rings. The lowest BCUT2D eigenvalue weighted by atomic mass is 9.97. The van der Waals surface area contributed by atoms with Crippen molar-refractivity contribution in [2.24, 2.45) is 11.8 Å². The Bertz CT molecular complexity index is 331. The lowest BCUT2D eigenvalue weighted by Crippen LogP contribution is -2.32. The summed E-state index contributed by atoms with van der Waals surface area (Å²) in [6.45, 7) is 10.2. The van der Waals surface area contributed by atoms with Gasteiger partial charge in [0.05, 0.1) is 0 Å². The average Bonchev–Trinajstić information content (AvgIpc) is 2.35. The molecule has 1 rings (SSSR count). The van der Waals surface area contributed by atoms with Crippen LogP contribution in [-0.2, 0) is 6.42 Å². The highest BCUT2D eigenvalue weighted by molar-refractivity contribution is 5.25. The van der Waals surface area contributed by atoms with Gasteiger partial charge in [0.2, 0.25) is 0 Å². The fourth-order valence-electron chi connectivity index (χ4n) is 1.77. The van der Waals surface area contributed by atoms with Crippen molar-refractivity contribution in [1.82, 2.24) is 5.32 Å². The van der Waals surface area contributed by atoms with E-state index < -0.39 is 0 Å². The van der Waals surface area contributed by atoms with E-state index in [0.717, 1.165) is 31.2 Å². The summed E-state index contributed by atoms with van der Waals surface area (Å²) in [6, 6.07) is 8.06. The van der Waals surface area contributed by atoms with Gasteiger partial charge in [-0.1, -0.05) is 32.9 Å². The number of hydrogen-bond donors (Lipinski definition) is 2. The molecule has 0 aliphatic heterocycles. The van der Waals surface area contributed by atoms with Crippen LogP contribution in [0.15, 0.2) is 24.3 Å². The Balaban J connectivity index is 2.24. The van der Waals surface area contributed by atoms with E-state index in [0.29, 0.717) is 11.8 Å². The maximum Gasteiger partial charge on any atom is 0.115 e. The van der Waals surface area contributed by atoms with Crippen molar-refractivity contribution in [2.45, 2.75) is 46.6 Å². The van der Waals surface area contributed by atoms with Crippen LogP contribution < -0.4 is 5.32 Å². The van der Waals surface area contributed by atoms with Gasteiger partial charge in [0.25, 0.3) is 0 Å². The predicted molar refractivity (Wildman–Crippen MR) is 77.9 cm³/mol. The summed E-state index contributed by atoms with van der Waals surface area (Å²) in [5.74, 6) is 1.80. The maximum absolute atomic E-state index is 9.22. The highest BCUT2D eigenvalue weighted by atomic mass is 16.3. The second kappa shape index (κ2) is 7.42. The van der Waals surface area contributed by atoms with Crippen molar-refractivity contribution in [3.8, 4) is 5.75 Å². The topological polar surface area (TPSA) is 32.3 Å². The summed E-state index contributed by atoms with van der Waals surface area (Å²) < 4.78 is 0. The van der Waals surface area contributed by atoms with Gasteiger partial charge in [0.1, 0.15) is 5.75 Å². The van der Waals surface area contributed by atoms with Crippen LogP contribution in [0.4, 0.5) is 0 Å². The molecule has 0 spiro atoms. The quantitative estimate of drug-likeness (QED) is 0.774. The maximum atomic E-state index is 9.22. The van der Waals surface area contributed by atoms with E-state index >= 15 is 0 Å². The number of hydrogen-bond acceptors (Lipinski definition) is 2. The van der Waals surface area contributed by atoms with E-state index in [4.69, 9.17) is 0 Å². The summed E-state index contributed by atoms with van der Waals surface area (Å²) in [6.07, 6.45) is 2.19. The molecule has 0 bridgehead atoms.